The van der Waals surface area contributed by atoms with Gasteiger partial charge in [-0.05, 0) is 31.9 Å². The van der Waals surface area contributed by atoms with E-state index in [-0.39, 0.29) is 11.4 Å². The molecule has 1 aromatic carbocycles. The van der Waals surface area contributed by atoms with Crippen LogP contribution in [0.1, 0.15) is 34.3 Å². The first-order valence-electron chi connectivity index (χ1n) is 8.64. The van der Waals surface area contributed by atoms with E-state index >= 15 is 0 Å². The highest BCUT2D eigenvalue weighted by Gasteiger charge is 2.50. The molecule has 126 valence electrons. The maximum atomic E-state index is 12.7. The normalized spacial score (nSPS) is 23.7. The fourth-order valence-corrected chi connectivity index (χ4v) is 3.98. The molecular weight excluding hydrogens is 300 g/mol. The van der Waals surface area contributed by atoms with Crippen LogP contribution in [0.3, 0.4) is 0 Å². The van der Waals surface area contributed by atoms with Crippen molar-refractivity contribution in [3.63, 3.8) is 0 Å². The third kappa shape index (κ3) is 2.63. The molecule has 2 fully saturated rings. The zero-order valence-corrected chi connectivity index (χ0v) is 14.4. The molecule has 3 heterocycles. The molecule has 1 amide bonds. The lowest BCUT2D eigenvalue weighted by Crippen LogP contribution is -2.60. The summed E-state index contributed by atoms with van der Waals surface area (Å²) in [6.07, 6.45) is 6.28. The molecule has 1 aromatic heterocycles. The van der Waals surface area contributed by atoms with Gasteiger partial charge in [-0.3, -0.25) is 14.4 Å². The van der Waals surface area contributed by atoms with Gasteiger partial charge in [0.15, 0.2) is 0 Å². The average Bonchev–Trinajstić information content (AvgIpc) is 3.20. The van der Waals surface area contributed by atoms with Gasteiger partial charge in [0.05, 0.1) is 6.20 Å². The predicted molar refractivity (Wildman–Crippen MR) is 92.7 cm³/mol. The van der Waals surface area contributed by atoms with E-state index in [0.29, 0.717) is 0 Å². The lowest BCUT2D eigenvalue weighted by atomic mass is 9.83. The van der Waals surface area contributed by atoms with Crippen LogP contribution in [0.15, 0.2) is 36.7 Å². The Hall–Kier alpha value is -2.14. The number of benzene rings is 1. The summed E-state index contributed by atoms with van der Waals surface area (Å²) in [5.41, 5.74) is 3.41. The van der Waals surface area contributed by atoms with Gasteiger partial charge < -0.3 is 4.90 Å². The Morgan fingerprint density at radius 1 is 1.21 bits per heavy atom. The van der Waals surface area contributed by atoms with Crippen LogP contribution in [-0.4, -0.2) is 50.7 Å². The predicted octanol–water partition coefficient (Wildman–Crippen LogP) is 2.22. The monoisotopic (exact) mass is 324 g/mol. The molecule has 2 saturated heterocycles. The Morgan fingerprint density at radius 3 is 2.58 bits per heavy atom. The van der Waals surface area contributed by atoms with Crippen molar-refractivity contribution in [3.05, 3.63) is 53.3 Å². The number of hydrogen-bond donors (Lipinski definition) is 0. The molecule has 0 unspecified atom stereocenters. The van der Waals surface area contributed by atoms with E-state index in [0.717, 1.165) is 38.2 Å². The maximum absolute atomic E-state index is 12.7. The lowest BCUT2D eigenvalue weighted by molar-refractivity contribution is -0.0131. The molecule has 1 atom stereocenters. The van der Waals surface area contributed by atoms with Gasteiger partial charge in [-0.1, -0.05) is 17.7 Å². The average molecular weight is 324 g/mol. The van der Waals surface area contributed by atoms with Crippen molar-refractivity contribution in [2.75, 3.05) is 19.6 Å². The molecule has 2 aliphatic heterocycles. The second-order valence-corrected chi connectivity index (χ2v) is 7.26. The topological polar surface area (TPSA) is 41.4 Å². The summed E-state index contributed by atoms with van der Waals surface area (Å²) in [4.78, 5) is 17.3. The van der Waals surface area contributed by atoms with Gasteiger partial charge in [-0.25, -0.2) is 0 Å². The van der Waals surface area contributed by atoms with Gasteiger partial charge in [0.1, 0.15) is 0 Å². The SMILES string of the molecule is Cc1ccc(C(=O)N2CC[C@@]3(CCN3Cc3cnn(C)c3)C2)cc1. The van der Waals surface area contributed by atoms with E-state index in [4.69, 9.17) is 0 Å². The van der Waals surface area contributed by atoms with Crippen molar-refractivity contribution in [2.24, 2.45) is 7.05 Å². The highest BCUT2D eigenvalue weighted by molar-refractivity contribution is 5.94. The van der Waals surface area contributed by atoms with Crippen LogP contribution in [0.4, 0.5) is 0 Å². The van der Waals surface area contributed by atoms with Crippen LogP contribution in [0.5, 0.6) is 0 Å². The highest BCUT2D eigenvalue weighted by atomic mass is 16.2. The minimum atomic E-state index is 0.167. The Labute approximate surface area is 142 Å². The second-order valence-electron chi connectivity index (χ2n) is 7.26. The van der Waals surface area contributed by atoms with E-state index < -0.39 is 0 Å². The zero-order chi connectivity index (χ0) is 16.7. The second kappa shape index (κ2) is 5.74. The molecule has 2 aliphatic rings. The van der Waals surface area contributed by atoms with Crippen LogP contribution in [-0.2, 0) is 13.6 Å². The number of carbonyl (C=O) groups excluding carboxylic acids is 1. The van der Waals surface area contributed by atoms with Gasteiger partial charge in [0, 0.05) is 56.1 Å². The number of nitrogens with zero attached hydrogens (tertiary/aromatic N) is 4. The first-order valence-corrected chi connectivity index (χ1v) is 8.64. The van der Waals surface area contributed by atoms with Gasteiger partial charge in [0.25, 0.3) is 5.91 Å². The minimum absolute atomic E-state index is 0.167. The van der Waals surface area contributed by atoms with Crippen LogP contribution in [0.2, 0.25) is 0 Å². The number of likely N-dealkylation sites (tertiary alicyclic amines) is 2. The molecule has 0 aliphatic carbocycles. The number of aromatic nitrogens is 2. The van der Waals surface area contributed by atoms with E-state index in [1.807, 2.05) is 54.0 Å². The van der Waals surface area contributed by atoms with Gasteiger partial charge in [-0.15, -0.1) is 0 Å². The largest absolute Gasteiger partial charge is 0.337 e. The van der Waals surface area contributed by atoms with Crippen molar-refractivity contribution in [2.45, 2.75) is 31.8 Å². The summed E-state index contributed by atoms with van der Waals surface area (Å²) < 4.78 is 1.85. The maximum Gasteiger partial charge on any atom is 0.253 e. The number of aryl methyl sites for hydroxylation is 2. The molecule has 5 nitrogen and oxygen atoms in total. The molecule has 4 rings (SSSR count). The summed E-state index contributed by atoms with van der Waals surface area (Å²) in [5, 5.41) is 4.26. The third-order valence-electron chi connectivity index (χ3n) is 5.57. The minimum Gasteiger partial charge on any atom is -0.337 e. The fraction of sp³-hybridized carbons (Fsp3) is 0.474. The fourth-order valence-electron chi connectivity index (χ4n) is 3.98. The lowest BCUT2D eigenvalue weighted by Gasteiger charge is -2.50. The molecule has 0 N–H and O–H groups in total. The quantitative estimate of drug-likeness (QED) is 0.869. The summed E-state index contributed by atoms with van der Waals surface area (Å²) in [5.74, 6) is 0.167. The van der Waals surface area contributed by atoms with Crippen LogP contribution < -0.4 is 0 Å². The van der Waals surface area contributed by atoms with Crippen molar-refractivity contribution in [1.82, 2.24) is 19.6 Å². The number of rotatable bonds is 3. The molecular formula is C19H24N4O. The van der Waals surface area contributed by atoms with E-state index in [2.05, 4.69) is 16.2 Å². The van der Waals surface area contributed by atoms with Crippen molar-refractivity contribution >= 4 is 5.91 Å². The summed E-state index contributed by atoms with van der Waals surface area (Å²) in [7, 11) is 1.95. The van der Waals surface area contributed by atoms with Gasteiger partial charge >= 0.3 is 0 Å². The van der Waals surface area contributed by atoms with Crippen LogP contribution in [0.25, 0.3) is 0 Å². The Morgan fingerprint density at radius 2 is 1.96 bits per heavy atom. The summed E-state index contributed by atoms with van der Waals surface area (Å²) in [6, 6.07) is 7.90. The third-order valence-corrected chi connectivity index (χ3v) is 5.57. The molecule has 5 heteroatoms. The number of amides is 1. The molecule has 1 spiro atoms. The number of hydrogen-bond acceptors (Lipinski definition) is 3. The van der Waals surface area contributed by atoms with Crippen molar-refractivity contribution in [1.29, 1.82) is 0 Å². The van der Waals surface area contributed by atoms with Gasteiger partial charge in [-0.2, -0.15) is 5.10 Å². The molecule has 0 radical (unpaired) electrons. The van der Waals surface area contributed by atoms with Crippen molar-refractivity contribution < 1.29 is 4.79 Å². The first kappa shape index (κ1) is 15.4. The highest BCUT2D eigenvalue weighted by Crippen LogP contribution is 2.40. The van der Waals surface area contributed by atoms with E-state index in [9.17, 15) is 4.79 Å². The Kier molecular flexibility index (Phi) is 3.68. The number of carbonyl (C=O) groups is 1. The van der Waals surface area contributed by atoms with Crippen LogP contribution in [0, 0.1) is 6.92 Å². The van der Waals surface area contributed by atoms with E-state index in [1.165, 1.54) is 17.5 Å². The standard InChI is InChI=1S/C19H24N4O/c1-15-3-5-17(6-4-15)18(24)22-9-7-19(14-22)8-10-23(19)13-16-11-20-21(2)12-16/h3-6,11-12H,7-10,13-14H2,1-2H3/t19-/m1/s1. The summed E-state index contributed by atoms with van der Waals surface area (Å²) >= 11 is 0. The van der Waals surface area contributed by atoms with Crippen LogP contribution >= 0.6 is 0 Å². The molecule has 2 aromatic rings. The van der Waals surface area contributed by atoms with Gasteiger partial charge in [0.2, 0.25) is 0 Å². The zero-order valence-electron chi connectivity index (χ0n) is 14.4. The molecule has 0 saturated carbocycles. The Balaban J connectivity index is 1.43. The smallest absolute Gasteiger partial charge is 0.253 e. The summed E-state index contributed by atoms with van der Waals surface area (Å²) in [6.45, 7) is 5.79. The first-order chi connectivity index (χ1) is 11.6. The molecule has 24 heavy (non-hydrogen) atoms. The Bertz CT molecular complexity index is 751. The van der Waals surface area contributed by atoms with Crippen molar-refractivity contribution in [3.8, 4) is 0 Å². The van der Waals surface area contributed by atoms with E-state index in [1.54, 1.807) is 0 Å². The molecule has 0 bridgehead atoms.